The lowest BCUT2D eigenvalue weighted by molar-refractivity contribution is -0.456. The van der Waals surface area contributed by atoms with E-state index in [9.17, 15) is 47.4 Å². The molecule has 0 rings (SSSR count). The summed E-state index contributed by atoms with van der Waals surface area (Å²) >= 11 is 0. The highest BCUT2D eigenvalue weighted by Gasteiger charge is 2.74. The van der Waals surface area contributed by atoms with Crippen molar-refractivity contribution < 1.29 is 65.4 Å². The van der Waals surface area contributed by atoms with Gasteiger partial charge in [-0.25, -0.2) is 4.74 Å². The van der Waals surface area contributed by atoms with Crippen molar-refractivity contribution in [3.05, 3.63) is 0 Å². The van der Waals surface area contributed by atoms with Crippen molar-refractivity contribution in [2.75, 3.05) is 21.3 Å². The number of hydrogen-bond acceptors (Lipinski definition) is 6. The van der Waals surface area contributed by atoms with Crippen LogP contribution in [0.2, 0.25) is 6.04 Å². The summed E-state index contributed by atoms with van der Waals surface area (Å²) in [5.74, 6) is -5.54. The zero-order valence-corrected chi connectivity index (χ0v) is 15.0. The molecule has 0 spiro atoms. The van der Waals surface area contributed by atoms with E-state index >= 15 is 0 Å². The third-order valence-electron chi connectivity index (χ3n) is 3.01. The molecule has 0 bridgehead atoms. The van der Waals surface area contributed by atoms with Crippen LogP contribution in [0.15, 0.2) is 0 Å². The average molecular weight is 448 g/mol. The molecule has 0 aliphatic heterocycles. The van der Waals surface area contributed by atoms with Gasteiger partial charge >= 0.3 is 42.4 Å². The number of halogens is 9. The van der Waals surface area contributed by atoms with Gasteiger partial charge < -0.3 is 13.3 Å². The minimum Gasteiger partial charge on any atom is -0.377 e. The lowest BCUT2D eigenvalue weighted by Crippen LogP contribution is -2.55. The third-order valence-corrected chi connectivity index (χ3v) is 6.58. The Morgan fingerprint density at radius 3 is 1.50 bits per heavy atom. The zero-order chi connectivity index (χ0) is 21.2. The minimum atomic E-state index is -7.47. The molecule has 17 heteroatoms. The number of ether oxygens (including phenoxy) is 1. The van der Waals surface area contributed by atoms with E-state index in [4.69, 9.17) is 0 Å². The quantitative estimate of drug-likeness (QED) is 0.275. The van der Waals surface area contributed by atoms with Gasteiger partial charge in [-0.2, -0.15) is 43.5 Å². The molecular weight excluding hydrogens is 435 g/mol. The molecule has 0 saturated carbocycles. The molecule has 0 amide bonds. The average Bonchev–Trinajstić information content (AvgIpc) is 2.46. The van der Waals surface area contributed by atoms with Crippen LogP contribution in [-0.2, 0) is 28.2 Å². The molecule has 0 radical (unpaired) electrons. The topological polar surface area (TPSA) is 71.1 Å². The highest BCUT2D eigenvalue weighted by molar-refractivity contribution is 7.87. The van der Waals surface area contributed by atoms with Crippen LogP contribution in [0.5, 0.6) is 0 Å². The second-order valence-electron chi connectivity index (χ2n) is 4.59. The first kappa shape index (κ1) is 25.4. The van der Waals surface area contributed by atoms with Crippen molar-refractivity contribution in [3.8, 4) is 0 Å². The van der Waals surface area contributed by atoms with Crippen molar-refractivity contribution in [2.45, 2.75) is 35.9 Å². The van der Waals surface area contributed by atoms with Crippen molar-refractivity contribution in [2.24, 2.45) is 0 Å². The summed E-state index contributed by atoms with van der Waals surface area (Å²) in [4.78, 5) is 0. The smallest absolute Gasteiger partial charge is 0.377 e. The molecule has 0 aliphatic carbocycles. The molecule has 26 heavy (non-hydrogen) atoms. The van der Waals surface area contributed by atoms with E-state index < -0.39 is 54.9 Å². The molecule has 0 fully saturated rings. The van der Waals surface area contributed by atoms with Gasteiger partial charge in [-0.05, 0) is 0 Å². The Bertz CT molecular complexity index is 572. The van der Waals surface area contributed by atoms with Gasteiger partial charge in [0.05, 0.1) is 0 Å². The Kier molecular flexibility index (Phi) is 7.59. The van der Waals surface area contributed by atoms with E-state index in [1.165, 1.54) is 0 Å². The third kappa shape index (κ3) is 5.00. The Balaban J connectivity index is 5.53. The molecule has 0 aromatic carbocycles. The van der Waals surface area contributed by atoms with Crippen molar-refractivity contribution in [1.29, 1.82) is 0 Å². The van der Waals surface area contributed by atoms with Crippen LogP contribution < -0.4 is 0 Å². The number of rotatable bonds is 11. The molecule has 0 heterocycles. The maximum Gasteiger partial charge on any atom is 0.500 e. The van der Waals surface area contributed by atoms with Crippen molar-refractivity contribution >= 4 is 19.0 Å². The lowest BCUT2D eigenvalue weighted by atomic mass is 10.2. The second-order valence-corrected chi connectivity index (χ2v) is 9.07. The van der Waals surface area contributed by atoms with Crippen LogP contribution in [0.25, 0.3) is 0 Å². The molecule has 158 valence electrons. The molecule has 0 aromatic heterocycles. The predicted octanol–water partition coefficient (Wildman–Crippen LogP) is 2.98. The Labute approximate surface area is 142 Å². The number of alkyl halides is 8. The van der Waals surface area contributed by atoms with Crippen molar-refractivity contribution in [3.63, 3.8) is 0 Å². The minimum absolute atomic E-state index is 0.910. The van der Waals surface area contributed by atoms with Crippen LogP contribution >= 0.6 is 0 Å². The summed E-state index contributed by atoms with van der Waals surface area (Å²) in [6.45, 7) is 0. The van der Waals surface area contributed by atoms with Gasteiger partial charge in [0.25, 0.3) is 0 Å². The summed E-state index contributed by atoms with van der Waals surface area (Å²) in [5.41, 5.74) is 0. The second kappa shape index (κ2) is 7.78. The fourth-order valence-electron chi connectivity index (χ4n) is 1.45. The Hall–Kier alpha value is -0.623. The molecule has 0 aliphatic rings. The van der Waals surface area contributed by atoms with Gasteiger partial charge in [-0.15, -0.1) is 0 Å². The van der Waals surface area contributed by atoms with Gasteiger partial charge in [0, 0.05) is 33.8 Å². The van der Waals surface area contributed by atoms with Gasteiger partial charge in [-0.1, -0.05) is 3.89 Å². The molecule has 0 N–H and O–H groups in total. The monoisotopic (exact) mass is 448 g/mol. The number of hydrogen-bond donors (Lipinski definition) is 0. The normalized spacial score (nSPS) is 15.4. The summed E-state index contributed by atoms with van der Waals surface area (Å²) in [6.07, 6.45) is -15.1. The predicted molar refractivity (Wildman–Crippen MR) is 67.1 cm³/mol. The lowest BCUT2D eigenvalue weighted by Gasteiger charge is -2.32. The van der Waals surface area contributed by atoms with E-state index in [1.54, 1.807) is 0 Å². The van der Waals surface area contributed by atoms with E-state index in [2.05, 4.69) is 18.0 Å². The summed E-state index contributed by atoms with van der Waals surface area (Å²) in [5, 5.41) is -6.84. The maximum atomic E-state index is 13.5. The van der Waals surface area contributed by atoms with Gasteiger partial charge in [-0.3, -0.25) is 0 Å². The molecule has 0 unspecified atom stereocenters. The first-order chi connectivity index (χ1) is 11.3. The molecule has 6 nitrogen and oxygen atoms in total. The van der Waals surface area contributed by atoms with E-state index in [-0.39, 0.29) is 0 Å². The summed E-state index contributed by atoms with van der Waals surface area (Å²) in [6, 6.07) is -1.09. The van der Waals surface area contributed by atoms with E-state index in [1.807, 2.05) is 0 Å². The Morgan fingerprint density at radius 1 is 0.808 bits per heavy atom. The van der Waals surface area contributed by atoms with Gasteiger partial charge in [0.1, 0.15) is 0 Å². The molecule has 0 atom stereocenters. The Morgan fingerprint density at radius 2 is 1.19 bits per heavy atom. The van der Waals surface area contributed by atoms with Crippen LogP contribution in [0.1, 0.15) is 6.42 Å². The van der Waals surface area contributed by atoms with E-state index in [0.717, 1.165) is 21.3 Å². The molecule has 0 aromatic rings. The van der Waals surface area contributed by atoms with E-state index in [0.29, 0.717) is 0 Å². The maximum absolute atomic E-state index is 13.5. The molecular formula is C9H13F9O6SSi. The summed E-state index contributed by atoms with van der Waals surface area (Å²) in [7, 11) is -8.63. The van der Waals surface area contributed by atoms with Crippen LogP contribution in [0, 0.1) is 0 Å². The zero-order valence-electron chi connectivity index (χ0n) is 13.2. The first-order valence-electron chi connectivity index (χ1n) is 6.16. The first-order valence-corrected chi connectivity index (χ1v) is 9.47. The van der Waals surface area contributed by atoms with Crippen LogP contribution in [0.3, 0.4) is 0 Å². The highest BCUT2D eigenvalue weighted by Crippen LogP contribution is 2.48. The summed E-state index contributed by atoms with van der Waals surface area (Å²) < 4.78 is 153. The van der Waals surface area contributed by atoms with Crippen molar-refractivity contribution in [1.82, 2.24) is 0 Å². The standard InChI is InChI=1S/C9H13F9O6SSi/c1-21-26(22-2,23-3)5-4-6(10,11)7(12,13)24-8(14,15)9(16,17)25(18,19)20/h4-5H2,1-3H3. The van der Waals surface area contributed by atoms with Crippen LogP contribution in [0.4, 0.5) is 39.0 Å². The van der Waals surface area contributed by atoms with Gasteiger partial charge in [0.15, 0.2) is 0 Å². The fourth-order valence-corrected chi connectivity index (χ4v) is 3.51. The fraction of sp³-hybridized carbons (Fsp3) is 1.00. The highest BCUT2D eigenvalue weighted by atomic mass is 32.3. The largest absolute Gasteiger partial charge is 0.500 e. The van der Waals surface area contributed by atoms with Gasteiger partial charge in [0.2, 0.25) is 0 Å². The SMILES string of the molecule is CO[Si](CCC(F)(F)C(F)(F)OC(F)(F)C(F)(F)S(=O)(=O)F)(OC)OC. The molecule has 0 saturated heterocycles. The van der Waals surface area contributed by atoms with Crippen LogP contribution in [-0.4, -0.2) is 61.9 Å².